The van der Waals surface area contributed by atoms with E-state index < -0.39 is 24.1 Å². The molecule has 72 valence electrons. The van der Waals surface area contributed by atoms with Crippen molar-refractivity contribution in [2.24, 2.45) is 11.8 Å². The van der Waals surface area contributed by atoms with E-state index in [1.54, 1.807) is 0 Å². The molecule has 0 unspecified atom stereocenters. The summed E-state index contributed by atoms with van der Waals surface area (Å²) >= 11 is 0. The molecule has 1 saturated heterocycles. The second-order valence-corrected chi connectivity index (χ2v) is 3.05. The van der Waals surface area contributed by atoms with Crippen LogP contribution in [-0.2, 0) is 4.74 Å². The van der Waals surface area contributed by atoms with Gasteiger partial charge in [0, 0.05) is 0 Å². The number of halogens is 4. The Balaban J connectivity index is 2.38. The maximum absolute atomic E-state index is 12.8. The first-order valence-corrected chi connectivity index (χ1v) is 3.74. The summed E-state index contributed by atoms with van der Waals surface area (Å²) in [5.41, 5.74) is 0. The summed E-state index contributed by atoms with van der Waals surface area (Å²) in [5, 5.41) is 0. The van der Waals surface area contributed by atoms with Gasteiger partial charge in [0.2, 0.25) is 0 Å². The number of rotatable bonds is 0. The Morgan fingerprint density at radius 1 is 0.846 bits per heavy atom. The lowest BCUT2D eigenvalue weighted by atomic mass is 9.89. The molecule has 0 spiro atoms. The van der Waals surface area contributed by atoms with Gasteiger partial charge in [-0.05, 0) is 0 Å². The van der Waals surface area contributed by atoms with E-state index in [4.69, 9.17) is 0 Å². The van der Waals surface area contributed by atoms with Gasteiger partial charge in [-0.1, -0.05) is 24.3 Å². The highest BCUT2D eigenvalue weighted by molar-refractivity contribution is 5.19. The average Bonchev–Trinajstić information content (AvgIpc) is 2.20. The number of hydrogen-bond acceptors (Lipinski definition) is 1. The van der Waals surface area contributed by atoms with E-state index in [9.17, 15) is 17.6 Å². The predicted molar refractivity (Wildman–Crippen MR) is 36.2 cm³/mol. The van der Waals surface area contributed by atoms with Crippen LogP contribution in [0.3, 0.4) is 0 Å². The molecule has 1 fully saturated rings. The first-order chi connectivity index (χ1) is 5.93. The van der Waals surface area contributed by atoms with Gasteiger partial charge in [-0.25, -0.2) is 0 Å². The highest BCUT2D eigenvalue weighted by Gasteiger charge is 2.65. The molecular formula is C8H6F4O. The molecule has 0 radical (unpaired) electrons. The third-order valence-corrected chi connectivity index (χ3v) is 2.18. The van der Waals surface area contributed by atoms with E-state index >= 15 is 0 Å². The summed E-state index contributed by atoms with van der Waals surface area (Å²) in [6.45, 7) is 0. The van der Waals surface area contributed by atoms with Crippen LogP contribution in [0.2, 0.25) is 0 Å². The van der Waals surface area contributed by atoms with Crippen LogP contribution in [0.1, 0.15) is 0 Å². The smallest absolute Gasteiger partial charge is 0.254 e. The molecular weight excluding hydrogens is 188 g/mol. The first-order valence-electron chi connectivity index (χ1n) is 3.74. The van der Waals surface area contributed by atoms with Crippen molar-refractivity contribution in [2.45, 2.75) is 12.2 Å². The Kier molecular flexibility index (Phi) is 1.58. The van der Waals surface area contributed by atoms with Gasteiger partial charge in [0.25, 0.3) is 0 Å². The predicted octanol–water partition coefficient (Wildman–Crippen LogP) is 2.56. The summed E-state index contributed by atoms with van der Waals surface area (Å²) in [4.78, 5) is 0. The monoisotopic (exact) mass is 194 g/mol. The van der Waals surface area contributed by atoms with Crippen LogP contribution in [-0.4, -0.2) is 12.2 Å². The summed E-state index contributed by atoms with van der Waals surface area (Å²) in [6, 6.07) is 0. The van der Waals surface area contributed by atoms with Gasteiger partial charge in [0.1, 0.15) is 0 Å². The highest BCUT2D eigenvalue weighted by atomic mass is 19.3. The summed E-state index contributed by atoms with van der Waals surface area (Å²) in [7, 11) is 0. The lowest BCUT2D eigenvalue weighted by molar-refractivity contribution is -0.338. The molecule has 0 saturated carbocycles. The van der Waals surface area contributed by atoms with Crippen molar-refractivity contribution in [3.8, 4) is 0 Å². The molecule has 1 aliphatic heterocycles. The molecule has 13 heavy (non-hydrogen) atoms. The third-order valence-electron chi connectivity index (χ3n) is 2.18. The fourth-order valence-corrected chi connectivity index (χ4v) is 1.57. The molecule has 1 heterocycles. The zero-order valence-corrected chi connectivity index (χ0v) is 6.38. The van der Waals surface area contributed by atoms with Gasteiger partial charge in [-0.3, -0.25) is 4.74 Å². The molecule has 1 aliphatic carbocycles. The average molecular weight is 194 g/mol. The van der Waals surface area contributed by atoms with E-state index in [0.29, 0.717) is 0 Å². The van der Waals surface area contributed by atoms with E-state index in [-0.39, 0.29) is 0 Å². The highest BCUT2D eigenvalue weighted by Crippen LogP contribution is 2.52. The van der Waals surface area contributed by atoms with Gasteiger partial charge in [-0.2, -0.15) is 17.6 Å². The second kappa shape index (κ2) is 2.35. The largest absolute Gasteiger partial charge is 0.367 e. The van der Waals surface area contributed by atoms with Crippen molar-refractivity contribution in [3.63, 3.8) is 0 Å². The van der Waals surface area contributed by atoms with Crippen molar-refractivity contribution >= 4 is 0 Å². The van der Waals surface area contributed by atoms with E-state index in [2.05, 4.69) is 4.74 Å². The van der Waals surface area contributed by atoms with Crippen LogP contribution in [0, 0.1) is 11.8 Å². The normalized spacial score (nSPS) is 39.1. The Morgan fingerprint density at radius 2 is 1.23 bits per heavy atom. The zero-order chi connectivity index (χ0) is 9.69. The van der Waals surface area contributed by atoms with Crippen LogP contribution >= 0.6 is 0 Å². The van der Waals surface area contributed by atoms with Crippen molar-refractivity contribution in [1.29, 1.82) is 0 Å². The molecule has 0 amide bonds. The van der Waals surface area contributed by atoms with Crippen LogP contribution in [0.15, 0.2) is 24.3 Å². The van der Waals surface area contributed by atoms with Gasteiger partial charge in [-0.15, -0.1) is 0 Å². The Bertz CT molecular complexity index is 254. The van der Waals surface area contributed by atoms with Gasteiger partial charge >= 0.3 is 12.2 Å². The van der Waals surface area contributed by atoms with Crippen LogP contribution < -0.4 is 0 Å². The van der Waals surface area contributed by atoms with Gasteiger partial charge < -0.3 is 0 Å². The first kappa shape index (κ1) is 8.74. The maximum Gasteiger partial charge on any atom is 0.367 e. The Labute approximate surface area is 71.7 Å². The Hall–Kier alpha value is -0.840. The molecule has 0 aromatic rings. The minimum atomic E-state index is -3.77. The number of fused-ring (bicyclic) bond motifs is 1. The molecule has 0 N–H and O–H groups in total. The number of ether oxygens (including phenoxy) is 1. The lowest BCUT2D eigenvalue weighted by Crippen LogP contribution is -2.25. The van der Waals surface area contributed by atoms with Crippen LogP contribution in [0.5, 0.6) is 0 Å². The Morgan fingerprint density at radius 3 is 1.62 bits per heavy atom. The van der Waals surface area contributed by atoms with Crippen LogP contribution in [0.4, 0.5) is 17.6 Å². The SMILES string of the molecule is FC1(F)OC(F)(F)[C@H]2C=CC=C[C@H]21. The van der Waals surface area contributed by atoms with Crippen molar-refractivity contribution in [1.82, 2.24) is 0 Å². The van der Waals surface area contributed by atoms with Gasteiger partial charge in [0.15, 0.2) is 0 Å². The quantitative estimate of drug-likeness (QED) is 0.538. The van der Waals surface area contributed by atoms with E-state index in [1.807, 2.05) is 0 Å². The molecule has 2 aliphatic rings. The zero-order valence-electron chi connectivity index (χ0n) is 6.38. The van der Waals surface area contributed by atoms with Crippen molar-refractivity contribution < 1.29 is 22.3 Å². The second-order valence-electron chi connectivity index (χ2n) is 3.05. The summed E-state index contributed by atoms with van der Waals surface area (Å²) in [6.07, 6.45) is -2.80. The number of allylic oxidation sites excluding steroid dienone is 2. The molecule has 2 atom stereocenters. The van der Waals surface area contributed by atoms with Crippen molar-refractivity contribution in [3.05, 3.63) is 24.3 Å². The summed E-state index contributed by atoms with van der Waals surface area (Å²) in [5.74, 6) is -3.10. The van der Waals surface area contributed by atoms with E-state index in [0.717, 1.165) is 12.2 Å². The number of hydrogen-bond donors (Lipinski definition) is 0. The molecule has 0 aromatic carbocycles. The molecule has 2 rings (SSSR count). The molecule has 1 nitrogen and oxygen atoms in total. The molecule has 0 aromatic heterocycles. The third kappa shape index (κ3) is 1.18. The van der Waals surface area contributed by atoms with Crippen LogP contribution in [0.25, 0.3) is 0 Å². The number of alkyl halides is 4. The minimum absolute atomic E-state index is 1.05. The lowest BCUT2D eigenvalue weighted by Gasteiger charge is -2.17. The standard InChI is InChI=1S/C8H6F4O/c9-7(10)5-3-1-2-4-6(5)8(11,12)13-7/h1-6H/t5-,6+. The maximum atomic E-state index is 12.8. The van der Waals surface area contributed by atoms with Crippen molar-refractivity contribution in [2.75, 3.05) is 0 Å². The van der Waals surface area contributed by atoms with E-state index in [1.165, 1.54) is 12.2 Å². The topological polar surface area (TPSA) is 9.23 Å². The van der Waals surface area contributed by atoms with Gasteiger partial charge in [0.05, 0.1) is 11.8 Å². The summed E-state index contributed by atoms with van der Waals surface area (Å²) < 4.78 is 54.6. The molecule has 0 bridgehead atoms. The fourth-order valence-electron chi connectivity index (χ4n) is 1.57. The molecule has 5 heteroatoms. The fraction of sp³-hybridized carbons (Fsp3) is 0.500. The minimum Gasteiger partial charge on any atom is -0.254 e.